The molecule has 0 amide bonds. The highest BCUT2D eigenvalue weighted by Gasteiger charge is 2.35. The van der Waals surface area contributed by atoms with E-state index in [4.69, 9.17) is 9.47 Å². The monoisotopic (exact) mass is 252 g/mol. The van der Waals surface area contributed by atoms with Gasteiger partial charge in [0.2, 0.25) is 0 Å². The fourth-order valence-corrected chi connectivity index (χ4v) is 3.10. The van der Waals surface area contributed by atoms with Gasteiger partial charge < -0.3 is 14.6 Å². The normalized spacial score (nSPS) is 15.4. The number of thiophene rings is 1. The van der Waals surface area contributed by atoms with Gasteiger partial charge in [-0.3, -0.25) is 0 Å². The standard InChI is InChI=1S/C13H16O3S/c1-13(14,12(15-2)16-3)10-6-4-5-9-7-8-17-11(9)10/h4-8,12,14H,1-3H3. The molecule has 0 aliphatic rings. The third-order valence-corrected chi connectivity index (χ3v) is 3.87. The van der Waals surface area contributed by atoms with Crippen LogP contribution in [0.4, 0.5) is 0 Å². The first kappa shape index (κ1) is 12.5. The van der Waals surface area contributed by atoms with Gasteiger partial charge in [-0.05, 0) is 23.8 Å². The van der Waals surface area contributed by atoms with Crippen molar-refractivity contribution in [3.05, 3.63) is 35.2 Å². The van der Waals surface area contributed by atoms with Crippen LogP contribution in [0.1, 0.15) is 12.5 Å². The quantitative estimate of drug-likeness (QED) is 0.850. The summed E-state index contributed by atoms with van der Waals surface area (Å²) in [5.74, 6) is 0. The van der Waals surface area contributed by atoms with Crippen molar-refractivity contribution < 1.29 is 14.6 Å². The van der Waals surface area contributed by atoms with Crippen LogP contribution in [-0.4, -0.2) is 25.6 Å². The summed E-state index contributed by atoms with van der Waals surface area (Å²) >= 11 is 1.61. The maximum Gasteiger partial charge on any atom is 0.189 e. The Morgan fingerprint density at radius 1 is 1.24 bits per heavy atom. The number of benzene rings is 1. The van der Waals surface area contributed by atoms with Crippen LogP contribution in [0.3, 0.4) is 0 Å². The molecule has 0 bridgehead atoms. The Labute approximate surface area is 105 Å². The molecule has 92 valence electrons. The zero-order valence-corrected chi connectivity index (χ0v) is 11.0. The Balaban J connectivity index is 2.54. The Morgan fingerprint density at radius 2 is 1.94 bits per heavy atom. The van der Waals surface area contributed by atoms with Crippen LogP contribution < -0.4 is 0 Å². The smallest absolute Gasteiger partial charge is 0.189 e. The Morgan fingerprint density at radius 3 is 2.59 bits per heavy atom. The average molecular weight is 252 g/mol. The molecule has 0 saturated heterocycles. The SMILES string of the molecule is COC(OC)C(C)(O)c1cccc2ccsc12. The third kappa shape index (κ3) is 2.09. The van der Waals surface area contributed by atoms with Crippen LogP contribution >= 0.6 is 11.3 Å². The Hall–Kier alpha value is -0.940. The van der Waals surface area contributed by atoms with Gasteiger partial charge in [-0.15, -0.1) is 11.3 Å². The number of hydrogen-bond acceptors (Lipinski definition) is 4. The lowest BCUT2D eigenvalue weighted by molar-refractivity contribution is -0.212. The second kappa shape index (κ2) is 4.74. The first-order valence-corrected chi connectivity index (χ1v) is 6.24. The predicted molar refractivity (Wildman–Crippen MR) is 69.2 cm³/mol. The molecule has 4 heteroatoms. The van der Waals surface area contributed by atoms with Crippen molar-refractivity contribution in [1.29, 1.82) is 0 Å². The van der Waals surface area contributed by atoms with Crippen LogP contribution in [0.5, 0.6) is 0 Å². The van der Waals surface area contributed by atoms with Gasteiger partial charge in [0.05, 0.1) is 0 Å². The Kier molecular flexibility index (Phi) is 3.49. The van der Waals surface area contributed by atoms with Crippen LogP contribution in [0.2, 0.25) is 0 Å². The highest BCUT2D eigenvalue weighted by molar-refractivity contribution is 7.17. The van der Waals surface area contributed by atoms with E-state index in [1.807, 2.05) is 29.6 Å². The predicted octanol–water partition coefficient (Wildman–Crippen LogP) is 2.73. The van der Waals surface area contributed by atoms with Crippen molar-refractivity contribution in [3.63, 3.8) is 0 Å². The van der Waals surface area contributed by atoms with Crippen molar-refractivity contribution in [3.8, 4) is 0 Å². The minimum absolute atomic E-state index is 0.685. The highest BCUT2D eigenvalue weighted by atomic mass is 32.1. The van der Waals surface area contributed by atoms with E-state index < -0.39 is 11.9 Å². The molecule has 0 saturated carbocycles. The molecule has 1 atom stereocenters. The molecule has 0 aliphatic heterocycles. The summed E-state index contributed by atoms with van der Waals surface area (Å²) in [4.78, 5) is 0. The zero-order valence-electron chi connectivity index (χ0n) is 10.1. The van der Waals surface area contributed by atoms with Crippen LogP contribution in [0, 0.1) is 0 Å². The van der Waals surface area contributed by atoms with Crippen molar-refractivity contribution >= 4 is 21.4 Å². The summed E-state index contributed by atoms with van der Waals surface area (Å²) in [5, 5.41) is 13.8. The van der Waals surface area contributed by atoms with Gasteiger partial charge in [0.25, 0.3) is 0 Å². The second-order valence-electron chi connectivity index (χ2n) is 4.10. The van der Waals surface area contributed by atoms with Gasteiger partial charge in [0, 0.05) is 24.5 Å². The van der Waals surface area contributed by atoms with Crippen molar-refractivity contribution in [2.75, 3.05) is 14.2 Å². The number of aliphatic hydroxyl groups is 1. The van der Waals surface area contributed by atoms with Gasteiger partial charge in [-0.2, -0.15) is 0 Å². The summed E-state index contributed by atoms with van der Waals surface area (Å²) in [6.07, 6.45) is -0.685. The van der Waals surface area contributed by atoms with Crippen molar-refractivity contribution in [2.45, 2.75) is 18.8 Å². The molecule has 0 spiro atoms. The van der Waals surface area contributed by atoms with Gasteiger partial charge in [0.15, 0.2) is 6.29 Å². The lowest BCUT2D eigenvalue weighted by Crippen LogP contribution is -2.39. The van der Waals surface area contributed by atoms with Gasteiger partial charge in [-0.25, -0.2) is 0 Å². The highest BCUT2D eigenvalue weighted by Crippen LogP contribution is 2.35. The number of fused-ring (bicyclic) bond motifs is 1. The number of hydrogen-bond donors (Lipinski definition) is 1. The molecule has 1 unspecified atom stereocenters. The van der Waals surface area contributed by atoms with Crippen LogP contribution in [-0.2, 0) is 15.1 Å². The molecule has 1 aromatic heterocycles. The van der Waals surface area contributed by atoms with E-state index in [-0.39, 0.29) is 0 Å². The van der Waals surface area contributed by atoms with E-state index in [9.17, 15) is 5.11 Å². The minimum Gasteiger partial charge on any atom is -0.380 e. The first-order chi connectivity index (χ1) is 8.11. The zero-order chi connectivity index (χ0) is 12.5. The number of methoxy groups -OCH3 is 2. The maximum absolute atomic E-state index is 10.6. The summed E-state index contributed by atoms with van der Waals surface area (Å²) in [5.41, 5.74) is -0.341. The molecule has 17 heavy (non-hydrogen) atoms. The van der Waals surface area contributed by atoms with Gasteiger partial charge >= 0.3 is 0 Å². The molecule has 2 aromatic rings. The number of ether oxygens (including phenoxy) is 2. The molecule has 0 radical (unpaired) electrons. The summed E-state index contributed by atoms with van der Waals surface area (Å²) < 4.78 is 11.4. The van der Waals surface area contributed by atoms with E-state index in [1.54, 1.807) is 18.3 Å². The first-order valence-electron chi connectivity index (χ1n) is 5.36. The fourth-order valence-electron chi connectivity index (χ4n) is 2.07. The maximum atomic E-state index is 10.6. The van der Waals surface area contributed by atoms with Crippen molar-refractivity contribution in [2.24, 2.45) is 0 Å². The molecule has 0 aliphatic carbocycles. The molecule has 1 aromatic carbocycles. The van der Waals surface area contributed by atoms with E-state index in [0.717, 1.165) is 15.6 Å². The van der Waals surface area contributed by atoms with E-state index in [1.165, 1.54) is 14.2 Å². The van der Waals surface area contributed by atoms with Crippen molar-refractivity contribution in [1.82, 2.24) is 0 Å². The fraction of sp³-hybridized carbons (Fsp3) is 0.385. The third-order valence-electron chi connectivity index (χ3n) is 2.91. The summed E-state index contributed by atoms with van der Waals surface area (Å²) in [7, 11) is 3.05. The largest absolute Gasteiger partial charge is 0.380 e. The number of rotatable bonds is 4. The van der Waals surface area contributed by atoms with E-state index in [2.05, 4.69) is 0 Å². The summed E-state index contributed by atoms with van der Waals surface area (Å²) in [6.45, 7) is 1.71. The molecule has 1 heterocycles. The molecule has 2 rings (SSSR count). The van der Waals surface area contributed by atoms with Crippen LogP contribution in [0.15, 0.2) is 29.6 Å². The average Bonchev–Trinajstić information content (AvgIpc) is 2.77. The topological polar surface area (TPSA) is 38.7 Å². The Bertz CT molecular complexity index is 500. The molecular weight excluding hydrogens is 236 g/mol. The minimum atomic E-state index is -1.17. The lowest BCUT2D eigenvalue weighted by atomic mass is 9.94. The molecule has 3 nitrogen and oxygen atoms in total. The molecule has 1 N–H and O–H groups in total. The van der Waals surface area contributed by atoms with E-state index in [0.29, 0.717) is 0 Å². The van der Waals surface area contributed by atoms with E-state index >= 15 is 0 Å². The second-order valence-corrected chi connectivity index (χ2v) is 5.01. The lowest BCUT2D eigenvalue weighted by Gasteiger charge is -2.31. The van der Waals surface area contributed by atoms with Gasteiger partial charge in [-0.1, -0.05) is 18.2 Å². The van der Waals surface area contributed by atoms with Gasteiger partial charge in [0.1, 0.15) is 5.60 Å². The molecule has 0 fully saturated rings. The molecular formula is C13H16O3S. The van der Waals surface area contributed by atoms with Crippen LogP contribution in [0.25, 0.3) is 10.1 Å². The summed E-state index contributed by atoms with van der Waals surface area (Å²) in [6, 6.07) is 7.90.